The van der Waals surface area contributed by atoms with E-state index in [1.807, 2.05) is 13.8 Å². The minimum Gasteiger partial charge on any atom is -0.370 e. The third kappa shape index (κ3) is 8.99. The molecule has 0 saturated heterocycles. The summed E-state index contributed by atoms with van der Waals surface area (Å²) in [5.41, 5.74) is 15.7. The van der Waals surface area contributed by atoms with Gasteiger partial charge >= 0.3 is 0 Å². The molecule has 0 radical (unpaired) electrons. The number of guanidine groups is 1. The molecule has 6 N–H and O–H groups in total. The molecule has 5 nitrogen and oxygen atoms in total. The lowest BCUT2D eigenvalue weighted by Gasteiger charge is -2.06. The van der Waals surface area contributed by atoms with Crippen LogP contribution in [0.4, 0.5) is 0 Å². The van der Waals surface area contributed by atoms with E-state index in [0.29, 0.717) is 19.4 Å². The van der Waals surface area contributed by atoms with E-state index in [4.69, 9.17) is 17.2 Å². The van der Waals surface area contributed by atoms with Crippen LogP contribution in [0.2, 0.25) is 0 Å². The Balaban J connectivity index is 0. The van der Waals surface area contributed by atoms with Crippen molar-refractivity contribution in [3.05, 3.63) is 0 Å². The van der Waals surface area contributed by atoms with Gasteiger partial charge in [-0.15, -0.1) is 0 Å². The highest BCUT2D eigenvalue weighted by molar-refractivity contribution is 5.83. The van der Waals surface area contributed by atoms with Gasteiger partial charge in [0.15, 0.2) is 5.96 Å². The van der Waals surface area contributed by atoms with Gasteiger partial charge in [0, 0.05) is 13.0 Å². The number of hydrogen-bond donors (Lipinski definition) is 3. The summed E-state index contributed by atoms with van der Waals surface area (Å²) in [6.07, 6.45) is 0.966. The third-order valence-electron chi connectivity index (χ3n) is 1.50. The first-order valence-electron chi connectivity index (χ1n) is 4.91. The van der Waals surface area contributed by atoms with E-state index in [1.165, 1.54) is 0 Å². The molecule has 14 heavy (non-hydrogen) atoms. The number of rotatable bonds is 5. The summed E-state index contributed by atoms with van der Waals surface area (Å²) < 4.78 is 0. The summed E-state index contributed by atoms with van der Waals surface area (Å²) in [6, 6.07) is -0.432. The highest BCUT2D eigenvalue weighted by atomic mass is 16.1. The number of hydrogen-bond acceptors (Lipinski definition) is 3. The SMILES string of the molecule is CC.CCC(=O)[C@@H](N)CCN=C(N)N. The van der Waals surface area contributed by atoms with Gasteiger partial charge in [-0.1, -0.05) is 20.8 Å². The molecular formula is C9H22N4O. The molecule has 0 unspecified atom stereocenters. The Morgan fingerprint density at radius 1 is 1.36 bits per heavy atom. The number of ketones is 1. The Morgan fingerprint density at radius 2 is 1.86 bits per heavy atom. The predicted molar refractivity (Wildman–Crippen MR) is 59.9 cm³/mol. The summed E-state index contributed by atoms with van der Waals surface area (Å²) in [5, 5.41) is 0. The molecule has 84 valence electrons. The molecular weight excluding hydrogens is 180 g/mol. The fourth-order valence-electron chi connectivity index (χ4n) is 0.756. The average Bonchev–Trinajstić information content (AvgIpc) is 2.19. The number of carbonyl (C=O) groups excluding carboxylic acids is 1. The first-order chi connectivity index (χ1) is 6.57. The van der Waals surface area contributed by atoms with Crippen LogP contribution < -0.4 is 17.2 Å². The zero-order valence-electron chi connectivity index (χ0n) is 9.29. The van der Waals surface area contributed by atoms with E-state index in [0.717, 1.165) is 0 Å². The second-order valence-electron chi connectivity index (χ2n) is 2.52. The van der Waals surface area contributed by atoms with Crippen LogP contribution in [0, 0.1) is 0 Å². The fourth-order valence-corrected chi connectivity index (χ4v) is 0.756. The van der Waals surface area contributed by atoms with Crippen LogP contribution in [0.3, 0.4) is 0 Å². The molecule has 0 bridgehead atoms. The van der Waals surface area contributed by atoms with Crippen LogP contribution >= 0.6 is 0 Å². The zero-order valence-corrected chi connectivity index (χ0v) is 9.29. The standard InChI is InChI=1S/C7H16N4O.C2H6/c1-2-6(12)5(8)3-4-11-7(9)10;1-2/h5H,2-4,8H2,1H3,(H4,9,10,11);1-2H3/t5-;/m0./s1. The Labute approximate surface area is 85.7 Å². The van der Waals surface area contributed by atoms with Crippen molar-refractivity contribution < 1.29 is 4.79 Å². The lowest BCUT2D eigenvalue weighted by Crippen LogP contribution is -2.31. The van der Waals surface area contributed by atoms with Crippen LogP contribution in [0.1, 0.15) is 33.6 Å². The average molecular weight is 202 g/mol. The van der Waals surface area contributed by atoms with Crippen molar-refractivity contribution in [3.8, 4) is 0 Å². The minimum absolute atomic E-state index is 0.0335. The van der Waals surface area contributed by atoms with E-state index in [9.17, 15) is 4.79 Å². The van der Waals surface area contributed by atoms with Gasteiger partial charge in [0.2, 0.25) is 0 Å². The number of aliphatic imine (C=N–C) groups is 1. The highest BCUT2D eigenvalue weighted by Crippen LogP contribution is 1.93. The predicted octanol–water partition coefficient (Wildman–Crippen LogP) is -0.0175. The maximum atomic E-state index is 11.0. The second-order valence-corrected chi connectivity index (χ2v) is 2.52. The van der Waals surface area contributed by atoms with Gasteiger partial charge < -0.3 is 17.2 Å². The summed E-state index contributed by atoms with van der Waals surface area (Å²) in [4.78, 5) is 14.7. The van der Waals surface area contributed by atoms with Gasteiger partial charge in [-0.05, 0) is 6.42 Å². The quantitative estimate of drug-likeness (QED) is 0.430. The van der Waals surface area contributed by atoms with Crippen LogP contribution in [0.5, 0.6) is 0 Å². The number of nitrogens with zero attached hydrogens (tertiary/aromatic N) is 1. The van der Waals surface area contributed by atoms with E-state index in [1.54, 1.807) is 6.92 Å². The van der Waals surface area contributed by atoms with E-state index in [-0.39, 0.29) is 11.7 Å². The fraction of sp³-hybridized carbons (Fsp3) is 0.778. The lowest BCUT2D eigenvalue weighted by molar-refractivity contribution is -0.120. The summed E-state index contributed by atoms with van der Waals surface area (Å²) in [7, 11) is 0. The molecule has 0 spiro atoms. The maximum absolute atomic E-state index is 11.0. The molecule has 0 fully saturated rings. The zero-order chi connectivity index (χ0) is 11.6. The first-order valence-corrected chi connectivity index (χ1v) is 4.91. The summed E-state index contributed by atoms with van der Waals surface area (Å²) in [6.45, 7) is 6.19. The van der Waals surface area contributed by atoms with Gasteiger partial charge in [0.1, 0.15) is 5.78 Å². The smallest absolute Gasteiger partial charge is 0.185 e. The minimum atomic E-state index is -0.432. The van der Waals surface area contributed by atoms with Gasteiger partial charge in [0.05, 0.1) is 6.04 Å². The molecule has 0 aromatic heterocycles. The Bertz CT molecular complexity index is 176. The normalized spacial score (nSPS) is 10.9. The van der Waals surface area contributed by atoms with E-state index >= 15 is 0 Å². The largest absolute Gasteiger partial charge is 0.370 e. The van der Waals surface area contributed by atoms with Crippen LogP contribution in [0.15, 0.2) is 4.99 Å². The molecule has 0 aromatic rings. The number of carbonyl (C=O) groups is 1. The molecule has 0 rings (SSSR count). The van der Waals surface area contributed by atoms with E-state index in [2.05, 4.69) is 4.99 Å². The van der Waals surface area contributed by atoms with Crippen molar-refractivity contribution in [2.24, 2.45) is 22.2 Å². The number of Topliss-reactive ketones (excluding diaryl/α,β-unsaturated/α-hetero) is 1. The molecule has 0 amide bonds. The third-order valence-corrected chi connectivity index (χ3v) is 1.50. The van der Waals surface area contributed by atoms with Crippen LogP contribution in [-0.4, -0.2) is 24.3 Å². The Morgan fingerprint density at radius 3 is 2.21 bits per heavy atom. The van der Waals surface area contributed by atoms with Crippen LogP contribution in [-0.2, 0) is 4.79 Å². The summed E-state index contributed by atoms with van der Waals surface area (Å²) >= 11 is 0. The van der Waals surface area contributed by atoms with Crippen molar-refractivity contribution in [1.29, 1.82) is 0 Å². The van der Waals surface area contributed by atoms with Crippen LogP contribution in [0.25, 0.3) is 0 Å². The highest BCUT2D eigenvalue weighted by Gasteiger charge is 2.09. The topological polar surface area (TPSA) is 107 Å². The van der Waals surface area contributed by atoms with Gasteiger partial charge in [-0.25, -0.2) is 0 Å². The first kappa shape index (κ1) is 15.4. The monoisotopic (exact) mass is 202 g/mol. The molecule has 0 heterocycles. The van der Waals surface area contributed by atoms with Gasteiger partial charge in [0.25, 0.3) is 0 Å². The molecule has 0 saturated carbocycles. The maximum Gasteiger partial charge on any atom is 0.185 e. The Hall–Kier alpha value is -1.10. The summed E-state index contributed by atoms with van der Waals surface area (Å²) in [5.74, 6) is 0.0759. The van der Waals surface area contributed by atoms with Crippen molar-refractivity contribution in [2.45, 2.75) is 39.7 Å². The number of nitrogens with two attached hydrogens (primary N) is 3. The molecule has 0 aromatic carbocycles. The molecule has 0 aliphatic heterocycles. The van der Waals surface area contributed by atoms with Crippen molar-refractivity contribution in [3.63, 3.8) is 0 Å². The molecule has 0 aliphatic rings. The van der Waals surface area contributed by atoms with E-state index < -0.39 is 6.04 Å². The van der Waals surface area contributed by atoms with Crippen molar-refractivity contribution in [2.75, 3.05) is 6.54 Å². The molecule has 0 aliphatic carbocycles. The van der Waals surface area contributed by atoms with Gasteiger partial charge in [-0.3, -0.25) is 9.79 Å². The lowest BCUT2D eigenvalue weighted by atomic mass is 10.1. The van der Waals surface area contributed by atoms with Gasteiger partial charge in [-0.2, -0.15) is 0 Å². The van der Waals surface area contributed by atoms with Crippen molar-refractivity contribution >= 4 is 11.7 Å². The van der Waals surface area contributed by atoms with Crippen molar-refractivity contribution in [1.82, 2.24) is 0 Å². The second kappa shape index (κ2) is 9.98. The molecule has 5 heteroatoms. The molecule has 1 atom stereocenters. The Kier molecular flexibility index (Phi) is 11.0.